The molecule has 0 aliphatic heterocycles. The molecule has 7 aromatic carbocycles. The van der Waals surface area contributed by atoms with Crippen LogP contribution in [0.4, 0.5) is 0 Å². The second-order valence-electron chi connectivity index (χ2n) is 11.0. The van der Waals surface area contributed by atoms with Gasteiger partial charge >= 0.3 is 0 Å². The summed E-state index contributed by atoms with van der Waals surface area (Å²) in [6.45, 7) is 0. The topological polar surface area (TPSA) is 9.86 Å². The molecule has 0 fully saturated rings. The van der Waals surface area contributed by atoms with Crippen LogP contribution in [0, 0.1) is 0 Å². The molecular formula is C40H26N2. The molecule has 2 nitrogen and oxygen atoms in total. The van der Waals surface area contributed by atoms with Crippen LogP contribution in [0.25, 0.3) is 76.9 Å². The number of hydrogen-bond acceptors (Lipinski definition) is 0. The molecule has 196 valence electrons. The molecule has 0 aliphatic rings. The van der Waals surface area contributed by atoms with Crippen molar-refractivity contribution in [1.29, 1.82) is 0 Å². The van der Waals surface area contributed by atoms with E-state index in [4.69, 9.17) is 0 Å². The largest absolute Gasteiger partial charge is 0.309 e. The second-order valence-corrected chi connectivity index (χ2v) is 11.0. The molecule has 0 aliphatic carbocycles. The van der Waals surface area contributed by atoms with Crippen LogP contribution in [-0.2, 0) is 0 Å². The summed E-state index contributed by atoms with van der Waals surface area (Å²) in [7, 11) is 0. The number of fused-ring (bicyclic) bond motifs is 7. The van der Waals surface area contributed by atoms with E-state index in [0.29, 0.717) is 0 Å². The van der Waals surface area contributed by atoms with Crippen LogP contribution in [0.2, 0.25) is 0 Å². The fourth-order valence-electron chi connectivity index (χ4n) is 6.88. The van der Waals surface area contributed by atoms with Gasteiger partial charge < -0.3 is 9.13 Å². The summed E-state index contributed by atoms with van der Waals surface area (Å²) >= 11 is 0. The summed E-state index contributed by atoms with van der Waals surface area (Å²) in [4.78, 5) is 0. The molecule has 0 saturated heterocycles. The zero-order valence-electron chi connectivity index (χ0n) is 22.9. The number of nitrogens with zero attached hydrogens (tertiary/aromatic N) is 2. The lowest BCUT2D eigenvalue weighted by molar-refractivity contribution is 1.18. The van der Waals surface area contributed by atoms with E-state index >= 15 is 0 Å². The van der Waals surface area contributed by atoms with E-state index in [1.54, 1.807) is 0 Å². The van der Waals surface area contributed by atoms with Gasteiger partial charge in [-0.2, -0.15) is 0 Å². The first kappa shape index (κ1) is 23.1. The lowest BCUT2D eigenvalue weighted by Crippen LogP contribution is -1.97. The Morgan fingerprint density at radius 3 is 1.52 bits per heavy atom. The molecule has 0 radical (unpaired) electrons. The Morgan fingerprint density at radius 1 is 0.310 bits per heavy atom. The van der Waals surface area contributed by atoms with Crippen molar-refractivity contribution in [3.8, 4) is 22.5 Å². The minimum absolute atomic E-state index is 1.19. The van der Waals surface area contributed by atoms with Gasteiger partial charge in [-0.1, -0.05) is 121 Å². The first-order valence-electron chi connectivity index (χ1n) is 14.5. The molecule has 9 aromatic rings. The molecule has 0 N–H and O–H groups in total. The fraction of sp³-hybridized carbons (Fsp3) is 0. The van der Waals surface area contributed by atoms with Crippen molar-refractivity contribution >= 4 is 54.4 Å². The van der Waals surface area contributed by atoms with Crippen molar-refractivity contribution in [3.05, 3.63) is 158 Å². The Kier molecular flexibility index (Phi) is 4.93. The van der Waals surface area contributed by atoms with Crippen LogP contribution in [-0.4, -0.2) is 9.13 Å². The van der Waals surface area contributed by atoms with Crippen molar-refractivity contribution in [2.24, 2.45) is 0 Å². The molecule has 9 rings (SSSR count). The number of rotatable bonds is 3. The lowest BCUT2D eigenvalue weighted by Gasteiger charge is -2.14. The zero-order valence-corrected chi connectivity index (χ0v) is 22.9. The summed E-state index contributed by atoms with van der Waals surface area (Å²) < 4.78 is 4.91. The van der Waals surface area contributed by atoms with E-state index in [0.717, 1.165) is 0 Å². The van der Waals surface area contributed by atoms with Gasteiger partial charge in [0.2, 0.25) is 0 Å². The van der Waals surface area contributed by atoms with Gasteiger partial charge in [0.25, 0.3) is 0 Å². The first-order chi connectivity index (χ1) is 20.9. The van der Waals surface area contributed by atoms with Gasteiger partial charge in [-0.3, -0.25) is 0 Å². The molecule has 0 atom stereocenters. The Hall–Kier alpha value is -5.60. The molecule has 0 amide bonds. The molecule has 2 heterocycles. The van der Waals surface area contributed by atoms with Crippen molar-refractivity contribution in [2.45, 2.75) is 0 Å². The third-order valence-corrected chi connectivity index (χ3v) is 8.70. The Morgan fingerprint density at radius 2 is 0.810 bits per heavy atom. The number of benzene rings is 7. The summed E-state index contributed by atoms with van der Waals surface area (Å²) in [6, 6.07) is 57.2. The smallest absolute Gasteiger partial charge is 0.0549 e. The Balaban J connectivity index is 1.44. The fourth-order valence-corrected chi connectivity index (χ4v) is 6.88. The van der Waals surface area contributed by atoms with Crippen molar-refractivity contribution in [2.75, 3.05) is 0 Å². The van der Waals surface area contributed by atoms with Gasteiger partial charge in [0, 0.05) is 32.5 Å². The zero-order chi connectivity index (χ0) is 27.6. The molecule has 2 aromatic heterocycles. The van der Waals surface area contributed by atoms with Gasteiger partial charge in [0.05, 0.1) is 33.4 Å². The predicted molar refractivity (Wildman–Crippen MR) is 178 cm³/mol. The van der Waals surface area contributed by atoms with Gasteiger partial charge in [-0.15, -0.1) is 0 Å². The van der Waals surface area contributed by atoms with Crippen LogP contribution in [0.5, 0.6) is 0 Å². The Labute approximate surface area is 243 Å². The van der Waals surface area contributed by atoms with Crippen molar-refractivity contribution in [1.82, 2.24) is 9.13 Å². The van der Waals surface area contributed by atoms with E-state index in [-0.39, 0.29) is 0 Å². The minimum atomic E-state index is 1.19. The van der Waals surface area contributed by atoms with Crippen molar-refractivity contribution < 1.29 is 0 Å². The molecule has 0 spiro atoms. The summed E-state index contributed by atoms with van der Waals surface area (Å²) in [5, 5.41) is 7.53. The average Bonchev–Trinajstić information content (AvgIpc) is 3.56. The van der Waals surface area contributed by atoms with Crippen LogP contribution >= 0.6 is 0 Å². The normalized spacial score (nSPS) is 11.8. The Bertz CT molecular complexity index is 2450. The number of aromatic nitrogens is 2. The number of para-hydroxylation sites is 3. The maximum Gasteiger partial charge on any atom is 0.0549 e. The lowest BCUT2D eigenvalue weighted by atomic mass is 10.0. The molecule has 42 heavy (non-hydrogen) atoms. The first-order valence-corrected chi connectivity index (χ1v) is 14.5. The molecule has 2 heteroatoms. The van der Waals surface area contributed by atoms with E-state index in [9.17, 15) is 0 Å². The monoisotopic (exact) mass is 534 g/mol. The third kappa shape index (κ3) is 3.27. The van der Waals surface area contributed by atoms with Gasteiger partial charge in [-0.05, 0) is 47.3 Å². The average molecular weight is 535 g/mol. The highest BCUT2D eigenvalue weighted by Crippen LogP contribution is 2.41. The minimum Gasteiger partial charge on any atom is -0.309 e. The van der Waals surface area contributed by atoms with Crippen LogP contribution < -0.4 is 0 Å². The van der Waals surface area contributed by atoms with Crippen LogP contribution in [0.15, 0.2) is 158 Å². The molecule has 0 unspecified atom stereocenters. The standard InChI is InChI=1S/C40H26N2/c1-2-13-27(14-3-1)29-18-6-9-21-35(29)41-37-22-10-7-19-31(37)33-26-40-34(25-39(33)41)32-20-8-11-23-38(32)42(40)36-24-12-16-28-15-4-5-17-30(28)36/h1-26H. The SMILES string of the molecule is c1ccc(-c2ccccc2-n2c3ccccc3c3cc4c(cc32)c2ccccc2n4-c2cccc3ccccc23)cc1. The highest BCUT2D eigenvalue weighted by Gasteiger charge is 2.20. The second kappa shape index (κ2) is 8.95. The molecule has 0 saturated carbocycles. The van der Waals surface area contributed by atoms with E-state index in [1.807, 2.05) is 0 Å². The summed E-state index contributed by atoms with van der Waals surface area (Å²) in [5.74, 6) is 0. The quantitative estimate of drug-likeness (QED) is 0.213. The highest BCUT2D eigenvalue weighted by atomic mass is 15.0. The van der Waals surface area contributed by atoms with Crippen LogP contribution in [0.3, 0.4) is 0 Å². The molecular weight excluding hydrogens is 508 g/mol. The maximum atomic E-state index is 2.45. The number of hydrogen-bond donors (Lipinski definition) is 0. The van der Waals surface area contributed by atoms with Crippen LogP contribution in [0.1, 0.15) is 0 Å². The maximum absolute atomic E-state index is 2.45. The highest BCUT2D eigenvalue weighted by molar-refractivity contribution is 6.19. The predicted octanol–water partition coefficient (Wildman–Crippen LogP) is 10.7. The van der Waals surface area contributed by atoms with E-state index in [2.05, 4.69) is 167 Å². The van der Waals surface area contributed by atoms with Gasteiger partial charge in [0.15, 0.2) is 0 Å². The summed E-state index contributed by atoms with van der Waals surface area (Å²) in [6.07, 6.45) is 0. The molecule has 0 bridgehead atoms. The third-order valence-electron chi connectivity index (χ3n) is 8.70. The van der Waals surface area contributed by atoms with E-state index in [1.165, 1.54) is 76.9 Å². The van der Waals surface area contributed by atoms with Gasteiger partial charge in [-0.25, -0.2) is 0 Å². The van der Waals surface area contributed by atoms with E-state index < -0.39 is 0 Å². The van der Waals surface area contributed by atoms with Crippen molar-refractivity contribution in [3.63, 3.8) is 0 Å². The summed E-state index contributed by atoms with van der Waals surface area (Å²) in [5.41, 5.74) is 9.70. The van der Waals surface area contributed by atoms with Gasteiger partial charge in [0.1, 0.15) is 0 Å².